The van der Waals surface area contributed by atoms with Crippen LogP contribution in [-0.2, 0) is 16.6 Å². The van der Waals surface area contributed by atoms with E-state index in [0.29, 0.717) is 6.07 Å². The van der Waals surface area contributed by atoms with Crippen molar-refractivity contribution >= 4 is 0 Å². The first-order valence-electron chi connectivity index (χ1n) is 5.98. The van der Waals surface area contributed by atoms with Crippen molar-refractivity contribution < 1.29 is 44.6 Å². The Kier molecular flexibility index (Phi) is 4.50. The van der Waals surface area contributed by atoms with E-state index in [-0.39, 0.29) is 12.1 Å². The van der Waals surface area contributed by atoms with Gasteiger partial charge in [0.2, 0.25) is 0 Å². The van der Waals surface area contributed by atoms with Gasteiger partial charge in [-0.2, -0.15) is 39.5 Å². The molecule has 23 heavy (non-hydrogen) atoms. The standard InChI is InChI=1S/C13H10F9O/c1-9(2,23)7-4-3-5-8(6-7)10(14,15)11(16,17)12(18,19)13(20,21)22/h3-6H,1-2H3. The topological polar surface area (TPSA) is 19.9 Å². The van der Waals surface area contributed by atoms with Crippen molar-refractivity contribution in [2.24, 2.45) is 0 Å². The van der Waals surface area contributed by atoms with Crippen molar-refractivity contribution in [1.82, 2.24) is 0 Å². The minimum Gasteiger partial charge on any atom is -0.225 e. The van der Waals surface area contributed by atoms with E-state index >= 15 is 0 Å². The largest absolute Gasteiger partial charge is 0.460 e. The number of halogens is 9. The van der Waals surface area contributed by atoms with Crippen molar-refractivity contribution in [1.29, 1.82) is 0 Å². The molecule has 0 aliphatic carbocycles. The first-order valence-corrected chi connectivity index (χ1v) is 5.98. The maximum atomic E-state index is 13.7. The van der Waals surface area contributed by atoms with Crippen LogP contribution in [0.15, 0.2) is 24.3 Å². The second-order valence-corrected chi connectivity index (χ2v) is 5.31. The van der Waals surface area contributed by atoms with Crippen molar-refractivity contribution in [3.05, 3.63) is 35.4 Å². The minimum absolute atomic E-state index is 0.188. The Morgan fingerprint density at radius 3 is 1.57 bits per heavy atom. The lowest BCUT2D eigenvalue weighted by Crippen LogP contribution is -2.59. The van der Waals surface area contributed by atoms with Gasteiger partial charge in [-0.1, -0.05) is 18.2 Å². The molecule has 0 aliphatic rings. The molecule has 1 rings (SSSR count). The summed E-state index contributed by atoms with van der Waals surface area (Å²) >= 11 is 0. The quantitative estimate of drug-likeness (QED) is 0.657. The first-order chi connectivity index (χ1) is 9.96. The predicted octanol–water partition coefficient (Wildman–Crippen LogP) is 5.28. The summed E-state index contributed by atoms with van der Waals surface area (Å²) in [7, 11) is 0. The molecule has 1 aromatic carbocycles. The lowest BCUT2D eigenvalue weighted by Gasteiger charge is -2.34. The van der Waals surface area contributed by atoms with Gasteiger partial charge in [0.25, 0.3) is 0 Å². The zero-order valence-corrected chi connectivity index (χ0v) is 11.6. The zero-order chi connectivity index (χ0) is 18.5. The maximum Gasteiger partial charge on any atom is 0.460 e. The molecule has 0 aliphatic heterocycles. The Hall–Kier alpha value is -1.45. The molecule has 0 spiro atoms. The van der Waals surface area contributed by atoms with Crippen LogP contribution in [0, 0.1) is 0 Å². The van der Waals surface area contributed by atoms with Gasteiger partial charge in [0.1, 0.15) is 5.60 Å². The summed E-state index contributed by atoms with van der Waals surface area (Å²) in [5.74, 6) is -19.6. The normalized spacial score (nSPS) is 15.0. The number of rotatable bonds is 4. The van der Waals surface area contributed by atoms with Crippen LogP contribution in [0.3, 0.4) is 0 Å². The zero-order valence-electron chi connectivity index (χ0n) is 11.6. The molecule has 1 nitrogen and oxygen atoms in total. The summed E-state index contributed by atoms with van der Waals surface area (Å²) in [5, 5.41) is 11.6. The Labute approximate surface area is 124 Å². The summed E-state index contributed by atoms with van der Waals surface area (Å²) in [4.78, 5) is 0. The van der Waals surface area contributed by atoms with E-state index < -0.39 is 40.7 Å². The highest BCUT2D eigenvalue weighted by atomic mass is 19.4. The monoisotopic (exact) mass is 353 g/mol. The van der Waals surface area contributed by atoms with Crippen LogP contribution in [0.25, 0.3) is 0 Å². The molecule has 10 heteroatoms. The number of hydrogen-bond acceptors (Lipinski definition) is 0. The van der Waals surface area contributed by atoms with Gasteiger partial charge in [-0.3, -0.25) is 0 Å². The van der Waals surface area contributed by atoms with E-state index in [0.717, 1.165) is 19.9 Å². The third-order valence-electron chi connectivity index (χ3n) is 3.07. The Bertz CT molecular complexity index is 570. The number of hydrogen-bond donors (Lipinski definition) is 0. The molecule has 0 N–H and O–H groups in total. The van der Waals surface area contributed by atoms with Crippen LogP contribution < -0.4 is 0 Å². The maximum absolute atomic E-state index is 13.7. The van der Waals surface area contributed by atoms with Crippen LogP contribution in [0.5, 0.6) is 0 Å². The molecule has 0 atom stereocenters. The molecule has 0 saturated heterocycles. The van der Waals surface area contributed by atoms with E-state index in [1.807, 2.05) is 0 Å². The third kappa shape index (κ3) is 3.13. The van der Waals surface area contributed by atoms with E-state index in [1.54, 1.807) is 0 Å². The van der Waals surface area contributed by atoms with Gasteiger partial charge in [0, 0.05) is 5.56 Å². The van der Waals surface area contributed by atoms with E-state index in [1.165, 1.54) is 0 Å². The molecule has 0 amide bonds. The van der Waals surface area contributed by atoms with Gasteiger partial charge in [-0.25, -0.2) is 5.11 Å². The molecule has 0 unspecified atom stereocenters. The van der Waals surface area contributed by atoms with Crippen LogP contribution in [0.4, 0.5) is 39.5 Å². The van der Waals surface area contributed by atoms with Crippen molar-refractivity contribution in [2.45, 2.75) is 43.4 Å². The molecule has 0 fully saturated rings. The third-order valence-corrected chi connectivity index (χ3v) is 3.07. The van der Waals surface area contributed by atoms with E-state index in [9.17, 15) is 44.6 Å². The van der Waals surface area contributed by atoms with Crippen LogP contribution in [0.2, 0.25) is 0 Å². The smallest absolute Gasteiger partial charge is 0.225 e. The Morgan fingerprint density at radius 2 is 1.17 bits per heavy atom. The van der Waals surface area contributed by atoms with Gasteiger partial charge >= 0.3 is 23.9 Å². The van der Waals surface area contributed by atoms with Gasteiger partial charge in [-0.05, 0) is 25.5 Å². The van der Waals surface area contributed by atoms with Crippen molar-refractivity contribution in [3.63, 3.8) is 0 Å². The van der Waals surface area contributed by atoms with Crippen LogP contribution in [-0.4, -0.2) is 18.0 Å². The Balaban J connectivity index is 3.47. The highest BCUT2D eigenvalue weighted by Gasteiger charge is 2.82. The molecule has 0 aromatic heterocycles. The molecular formula is C13H10F9O. The fourth-order valence-corrected chi connectivity index (χ4v) is 1.65. The molecule has 0 heterocycles. The summed E-state index contributed by atoms with van der Waals surface area (Å²) in [6.07, 6.45) is -6.88. The number of benzene rings is 1. The molecular weight excluding hydrogens is 343 g/mol. The second kappa shape index (κ2) is 5.29. The van der Waals surface area contributed by atoms with E-state index in [2.05, 4.69) is 0 Å². The second-order valence-electron chi connectivity index (χ2n) is 5.31. The average molecular weight is 353 g/mol. The molecule has 0 bridgehead atoms. The summed E-state index contributed by atoms with van der Waals surface area (Å²) < 4.78 is 116. The van der Waals surface area contributed by atoms with E-state index in [4.69, 9.17) is 0 Å². The van der Waals surface area contributed by atoms with Crippen LogP contribution in [0.1, 0.15) is 25.0 Å². The van der Waals surface area contributed by atoms with Gasteiger partial charge in [-0.15, -0.1) is 0 Å². The predicted molar refractivity (Wildman–Crippen MR) is 60.0 cm³/mol. The highest BCUT2D eigenvalue weighted by Crippen LogP contribution is 2.56. The first kappa shape index (κ1) is 19.6. The minimum atomic E-state index is -6.97. The van der Waals surface area contributed by atoms with Crippen LogP contribution >= 0.6 is 0 Å². The van der Waals surface area contributed by atoms with Gasteiger partial charge in [0.05, 0.1) is 0 Å². The summed E-state index contributed by atoms with van der Waals surface area (Å²) in [5.41, 5.74) is -4.33. The lowest BCUT2D eigenvalue weighted by atomic mass is 9.91. The summed E-state index contributed by atoms with van der Waals surface area (Å²) in [6, 6.07) is 2.09. The SMILES string of the molecule is CC(C)([O])c1cccc(C(F)(F)C(F)(F)C(F)(F)C(F)(F)F)c1. The fraction of sp³-hybridized carbons (Fsp3) is 0.538. The molecule has 131 valence electrons. The van der Waals surface area contributed by atoms with Crippen molar-refractivity contribution in [2.75, 3.05) is 0 Å². The van der Waals surface area contributed by atoms with Gasteiger partial charge < -0.3 is 0 Å². The van der Waals surface area contributed by atoms with Gasteiger partial charge in [0.15, 0.2) is 0 Å². The fourth-order valence-electron chi connectivity index (χ4n) is 1.65. The molecule has 1 radical (unpaired) electrons. The lowest BCUT2D eigenvalue weighted by molar-refractivity contribution is -0.399. The Morgan fingerprint density at radius 1 is 0.739 bits per heavy atom. The molecule has 1 aromatic rings. The molecule has 0 saturated carbocycles. The highest BCUT2D eigenvalue weighted by molar-refractivity contribution is 5.32. The summed E-state index contributed by atoms with van der Waals surface area (Å²) in [6.45, 7) is 1.96. The van der Waals surface area contributed by atoms with Crippen molar-refractivity contribution in [3.8, 4) is 0 Å². The average Bonchev–Trinajstić information content (AvgIpc) is 2.36. The number of alkyl halides is 9.